The van der Waals surface area contributed by atoms with Crippen molar-refractivity contribution in [1.29, 1.82) is 0 Å². The molecule has 5 rings (SSSR count). The van der Waals surface area contributed by atoms with Gasteiger partial charge < -0.3 is 5.32 Å². The first-order valence-electron chi connectivity index (χ1n) is 8.65. The van der Waals surface area contributed by atoms with Gasteiger partial charge >= 0.3 is 0 Å². The third kappa shape index (κ3) is 2.13. The van der Waals surface area contributed by atoms with E-state index in [-0.39, 0.29) is 0 Å². The standard InChI is InChI=1S/C17H29N/c1-2-4-16(5-3-1)18-12-17-9-13-6-14(10-17)8-15(7-13)11-17/h13-16,18H,1-12H2/p+1. The van der Waals surface area contributed by atoms with E-state index in [0.717, 1.165) is 29.2 Å². The minimum absolute atomic E-state index is 0.798. The fourth-order valence-electron chi connectivity index (χ4n) is 6.33. The van der Waals surface area contributed by atoms with Gasteiger partial charge in [0.1, 0.15) is 0 Å². The highest BCUT2D eigenvalue weighted by atomic mass is 14.9. The molecule has 1 nitrogen and oxygen atoms in total. The first-order chi connectivity index (χ1) is 8.81. The fourth-order valence-corrected chi connectivity index (χ4v) is 6.33. The number of hydrogen-bond acceptors (Lipinski definition) is 0. The highest BCUT2D eigenvalue weighted by Crippen LogP contribution is 2.59. The summed E-state index contributed by atoms with van der Waals surface area (Å²) in [5.74, 6) is 3.41. The van der Waals surface area contributed by atoms with Crippen LogP contribution in [0.3, 0.4) is 0 Å². The summed E-state index contributed by atoms with van der Waals surface area (Å²) in [6.07, 6.45) is 17.1. The Balaban J connectivity index is 1.38. The number of quaternary nitrogens is 1. The van der Waals surface area contributed by atoms with Crippen molar-refractivity contribution in [3.8, 4) is 0 Å². The van der Waals surface area contributed by atoms with Crippen LogP contribution in [0.25, 0.3) is 0 Å². The molecule has 5 fully saturated rings. The predicted molar refractivity (Wildman–Crippen MR) is 74.3 cm³/mol. The van der Waals surface area contributed by atoms with Crippen LogP contribution in [0.1, 0.15) is 70.6 Å². The van der Waals surface area contributed by atoms with Crippen LogP contribution in [0.15, 0.2) is 0 Å². The van der Waals surface area contributed by atoms with Gasteiger partial charge in [-0.15, -0.1) is 0 Å². The predicted octanol–water partition coefficient (Wildman–Crippen LogP) is 3.10. The van der Waals surface area contributed by atoms with Gasteiger partial charge in [-0.1, -0.05) is 6.42 Å². The van der Waals surface area contributed by atoms with E-state index in [0.29, 0.717) is 0 Å². The molecule has 0 heterocycles. The second kappa shape index (κ2) is 4.51. The number of nitrogens with two attached hydrogens (primary N) is 1. The van der Waals surface area contributed by atoms with Gasteiger partial charge in [0.05, 0.1) is 12.6 Å². The van der Waals surface area contributed by atoms with E-state index >= 15 is 0 Å². The van der Waals surface area contributed by atoms with E-state index in [2.05, 4.69) is 5.32 Å². The third-order valence-corrected chi connectivity index (χ3v) is 6.70. The number of rotatable bonds is 3. The Kier molecular flexibility index (Phi) is 2.94. The van der Waals surface area contributed by atoms with E-state index in [9.17, 15) is 0 Å². The molecule has 1 heteroatoms. The summed E-state index contributed by atoms with van der Waals surface area (Å²) in [4.78, 5) is 0. The maximum Gasteiger partial charge on any atom is 0.0859 e. The molecule has 102 valence electrons. The maximum absolute atomic E-state index is 2.78. The van der Waals surface area contributed by atoms with Gasteiger partial charge in [0.25, 0.3) is 0 Å². The summed E-state index contributed by atoms with van der Waals surface area (Å²) in [5, 5.41) is 2.78. The summed E-state index contributed by atoms with van der Waals surface area (Å²) >= 11 is 0. The highest BCUT2D eigenvalue weighted by Gasteiger charge is 2.51. The molecule has 0 aromatic rings. The second-order valence-corrected chi connectivity index (χ2v) is 8.26. The Morgan fingerprint density at radius 2 is 1.33 bits per heavy atom. The SMILES string of the molecule is C1CCC([NH2+]CC23CC4CC(CC(C4)C2)C3)CC1. The molecule has 0 aromatic heterocycles. The zero-order valence-corrected chi connectivity index (χ0v) is 11.9. The maximum atomic E-state index is 2.78. The molecule has 0 spiro atoms. The second-order valence-electron chi connectivity index (χ2n) is 8.26. The third-order valence-electron chi connectivity index (χ3n) is 6.70. The molecule has 0 atom stereocenters. The summed E-state index contributed by atoms with van der Waals surface area (Å²) in [6.45, 7) is 1.49. The molecule has 5 aliphatic carbocycles. The molecule has 0 amide bonds. The normalized spacial score (nSPS) is 47.7. The van der Waals surface area contributed by atoms with Crippen LogP contribution < -0.4 is 5.32 Å². The summed E-state index contributed by atoms with van der Waals surface area (Å²) < 4.78 is 0. The van der Waals surface area contributed by atoms with Crippen molar-refractivity contribution in [2.45, 2.75) is 76.7 Å². The van der Waals surface area contributed by atoms with Crippen molar-refractivity contribution in [1.82, 2.24) is 0 Å². The Morgan fingerprint density at radius 3 is 1.89 bits per heavy atom. The zero-order valence-electron chi connectivity index (χ0n) is 11.9. The lowest BCUT2D eigenvalue weighted by Crippen LogP contribution is -2.93. The van der Waals surface area contributed by atoms with Crippen LogP contribution in [0, 0.1) is 23.2 Å². The van der Waals surface area contributed by atoms with Crippen LogP contribution in [-0.4, -0.2) is 12.6 Å². The zero-order chi connectivity index (χ0) is 12.0. The molecular weight excluding hydrogens is 218 g/mol. The summed E-state index contributed by atoms with van der Waals surface area (Å²) in [7, 11) is 0. The Labute approximate surface area is 112 Å². The van der Waals surface area contributed by atoms with Gasteiger partial charge in [0.15, 0.2) is 0 Å². The smallest absolute Gasteiger partial charge is 0.0859 e. The average molecular weight is 248 g/mol. The van der Waals surface area contributed by atoms with E-state index in [1.807, 2.05) is 0 Å². The lowest BCUT2D eigenvalue weighted by atomic mass is 9.49. The Morgan fingerprint density at radius 1 is 0.778 bits per heavy atom. The monoisotopic (exact) mass is 248 g/mol. The van der Waals surface area contributed by atoms with Crippen LogP contribution in [0.2, 0.25) is 0 Å². The molecule has 0 aliphatic heterocycles. The van der Waals surface area contributed by atoms with Crippen LogP contribution in [0.4, 0.5) is 0 Å². The molecule has 5 saturated carbocycles. The first-order valence-corrected chi connectivity index (χ1v) is 8.65. The van der Waals surface area contributed by atoms with Crippen molar-refractivity contribution in [2.75, 3.05) is 6.54 Å². The van der Waals surface area contributed by atoms with E-state index in [4.69, 9.17) is 0 Å². The molecule has 4 bridgehead atoms. The van der Waals surface area contributed by atoms with Gasteiger partial charge in [0.2, 0.25) is 0 Å². The molecule has 0 unspecified atom stereocenters. The van der Waals surface area contributed by atoms with Crippen LogP contribution in [0.5, 0.6) is 0 Å². The van der Waals surface area contributed by atoms with Crippen LogP contribution in [-0.2, 0) is 0 Å². The number of hydrogen-bond donors (Lipinski definition) is 1. The van der Waals surface area contributed by atoms with Gasteiger partial charge in [-0.05, 0) is 82.0 Å². The van der Waals surface area contributed by atoms with Gasteiger partial charge in [-0.25, -0.2) is 0 Å². The van der Waals surface area contributed by atoms with Crippen molar-refractivity contribution in [3.05, 3.63) is 0 Å². The van der Waals surface area contributed by atoms with Gasteiger partial charge in [-0.3, -0.25) is 0 Å². The topological polar surface area (TPSA) is 16.6 Å². The Hall–Kier alpha value is -0.0400. The molecule has 0 aromatic carbocycles. The molecule has 18 heavy (non-hydrogen) atoms. The summed E-state index contributed by atoms with van der Waals surface area (Å²) in [6, 6.07) is 0.992. The molecule has 0 radical (unpaired) electrons. The molecule has 2 N–H and O–H groups in total. The minimum Gasteiger partial charge on any atom is -0.343 e. The van der Waals surface area contributed by atoms with Crippen molar-refractivity contribution < 1.29 is 5.32 Å². The lowest BCUT2D eigenvalue weighted by molar-refractivity contribution is -0.704. The quantitative estimate of drug-likeness (QED) is 0.790. The molecule has 0 saturated heterocycles. The van der Waals surface area contributed by atoms with E-state index in [1.165, 1.54) is 38.6 Å². The average Bonchev–Trinajstić information content (AvgIpc) is 2.36. The highest BCUT2D eigenvalue weighted by molar-refractivity contribution is 5.01. The minimum atomic E-state index is 0.798. The van der Waals surface area contributed by atoms with Crippen molar-refractivity contribution in [3.63, 3.8) is 0 Å². The summed E-state index contributed by atoms with van der Waals surface area (Å²) in [5.41, 5.74) is 0.798. The molecular formula is C17H30N+. The van der Waals surface area contributed by atoms with E-state index in [1.54, 1.807) is 38.5 Å². The van der Waals surface area contributed by atoms with Gasteiger partial charge in [0, 0.05) is 5.41 Å². The first kappa shape index (κ1) is 11.8. The lowest BCUT2D eigenvalue weighted by Gasteiger charge is -2.56. The van der Waals surface area contributed by atoms with Crippen molar-refractivity contribution >= 4 is 0 Å². The molecule has 5 aliphatic rings. The fraction of sp³-hybridized carbons (Fsp3) is 1.00. The van der Waals surface area contributed by atoms with Gasteiger partial charge in [-0.2, -0.15) is 0 Å². The Bertz CT molecular complexity index is 267. The largest absolute Gasteiger partial charge is 0.343 e. The van der Waals surface area contributed by atoms with Crippen molar-refractivity contribution in [2.24, 2.45) is 23.2 Å². The van der Waals surface area contributed by atoms with Crippen LogP contribution >= 0.6 is 0 Å². The van der Waals surface area contributed by atoms with E-state index < -0.39 is 0 Å².